The summed E-state index contributed by atoms with van der Waals surface area (Å²) in [6.45, 7) is 3.25. The lowest BCUT2D eigenvalue weighted by molar-refractivity contribution is 0.208. The second kappa shape index (κ2) is 7.59. The summed E-state index contributed by atoms with van der Waals surface area (Å²) in [7, 11) is 0. The van der Waals surface area contributed by atoms with Gasteiger partial charge in [-0.15, -0.1) is 0 Å². The Morgan fingerprint density at radius 3 is 2.79 bits per heavy atom. The van der Waals surface area contributed by atoms with Crippen molar-refractivity contribution < 1.29 is 4.52 Å². The first-order valence-electron chi connectivity index (χ1n) is 9.84. The Balaban J connectivity index is 1.27. The largest absolute Gasteiger partial charge is 0.338 e. The van der Waals surface area contributed by atoms with E-state index in [9.17, 15) is 0 Å². The van der Waals surface area contributed by atoms with E-state index in [1.165, 1.54) is 18.4 Å². The Morgan fingerprint density at radius 2 is 1.93 bits per heavy atom. The van der Waals surface area contributed by atoms with Gasteiger partial charge in [0.15, 0.2) is 5.82 Å². The molecule has 0 unspecified atom stereocenters. The van der Waals surface area contributed by atoms with Gasteiger partial charge in [-0.3, -0.25) is 9.89 Å². The number of hydrogen-bond acceptors (Lipinski definition) is 7. The molecule has 2 aromatic heterocycles. The van der Waals surface area contributed by atoms with Gasteiger partial charge in [0.05, 0.1) is 18.0 Å². The zero-order chi connectivity index (χ0) is 18.8. The van der Waals surface area contributed by atoms with Crippen molar-refractivity contribution in [2.75, 3.05) is 13.1 Å². The molecule has 2 aliphatic heterocycles. The molecule has 0 bridgehead atoms. The van der Waals surface area contributed by atoms with Crippen LogP contribution in [0, 0.1) is 0 Å². The minimum atomic E-state index is 0.633. The van der Waals surface area contributed by atoms with E-state index in [1.807, 2.05) is 36.5 Å². The van der Waals surface area contributed by atoms with E-state index in [4.69, 9.17) is 9.51 Å². The molecule has 0 amide bonds. The van der Waals surface area contributed by atoms with Crippen molar-refractivity contribution in [2.24, 2.45) is 4.99 Å². The zero-order valence-corrected chi connectivity index (χ0v) is 15.7. The van der Waals surface area contributed by atoms with Gasteiger partial charge in [0.1, 0.15) is 0 Å². The molecule has 3 aromatic rings. The van der Waals surface area contributed by atoms with Gasteiger partial charge in [0, 0.05) is 43.4 Å². The predicted molar refractivity (Wildman–Crippen MR) is 105 cm³/mol. The molecule has 0 aliphatic carbocycles. The van der Waals surface area contributed by atoms with Crippen LogP contribution >= 0.6 is 0 Å². The summed E-state index contributed by atoms with van der Waals surface area (Å²) >= 11 is 0. The fraction of sp³-hybridized carbons (Fsp3) is 0.381. The second-order valence-corrected chi connectivity index (χ2v) is 7.29. The fourth-order valence-electron chi connectivity index (χ4n) is 3.74. The van der Waals surface area contributed by atoms with Crippen molar-refractivity contribution in [1.82, 2.24) is 25.0 Å². The average molecular weight is 374 g/mol. The lowest BCUT2D eigenvalue weighted by Crippen LogP contribution is -2.31. The van der Waals surface area contributed by atoms with Crippen molar-refractivity contribution in [1.29, 1.82) is 0 Å². The number of fused-ring (bicyclic) bond motifs is 1. The SMILES string of the molecule is c1ccc(-c2noc(CN3CCc4nc(C5=NCCCC5)ncc4C3)n2)cc1. The summed E-state index contributed by atoms with van der Waals surface area (Å²) in [5.41, 5.74) is 4.35. The summed E-state index contributed by atoms with van der Waals surface area (Å²) in [5, 5.41) is 4.11. The third kappa shape index (κ3) is 3.57. The molecule has 0 spiro atoms. The van der Waals surface area contributed by atoms with Crippen LogP contribution < -0.4 is 0 Å². The Bertz CT molecular complexity index is 997. The van der Waals surface area contributed by atoms with Gasteiger partial charge in [0.2, 0.25) is 11.7 Å². The standard InChI is InChI=1S/C21H22N6O/c1-2-6-15(7-3-1)20-25-19(28-26-20)14-27-11-9-17-16(13-27)12-23-21(24-17)18-8-4-5-10-22-18/h1-3,6-7,12H,4-5,8-11,13-14H2. The molecule has 5 rings (SSSR count). The minimum absolute atomic E-state index is 0.633. The molecule has 0 radical (unpaired) electrons. The van der Waals surface area contributed by atoms with Crippen LogP contribution in [0.3, 0.4) is 0 Å². The van der Waals surface area contributed by atoms with Gasteiger partial charge in [-0.05, 0) is 19.3 Å². The molecule has 0 saturated carbocycles. The number of rotatable bonds is 4. The van der Waals surface area contributed by atoms with Gasteiger partial charge in [0.25, 0.3) is 0 Å². The number of aliphatic imine (C=N–C) groups is 1. The summed E-state index contributed by atoms with van der Waals surface area (Å²) in [5.74, 6) is 2.09. The van der Waals surface area contributed by atoms with Crippen molar-refractivity contribution in [3.63, 3.8) is 0 Å². The van der Waals surface area contributed by atoms with E-state index in [2.05, 4.69) is 25.0 Å². The highest BCUT2D eigenvalue weighted by Gasteiger charge is 2.22. The number of hydrogen-bond donors (Lipinski definition) is 0. The summed E-state index contributed by atoms with van der Waals surface area (Å²) in [4.78, 5) is 20.8. The van der Waals surface area contributed by atoms with Gasteiger partial charge in [-0.2, -0.15) is 4.98 Å². The van der Waals surface area contributed by atoms with Gasteiger partial charge in [-0.25, -0.2) is 9.97 Å². The van der Waals surface area contributed by atoms with Crippen molar-refractivity contribution >= 4 is 5.71 Å². The lowest BCUT2D eigenvalue weighted by atomic mass is 10.1. The Kier molecular flexibility index (Phi) is 4.66. The maximum absolute atomic E-state index is 5.46. The first-order chi connectivity index (χ1) is 13.8. The fourth-order valence-corrected chi connectivity index (χ4v) is 3.74. The van der Waals surface area contributed by atoms with Crippen LogP contribution in [0.15, 0.2) is 46.0 Å². The van der Waals surface area contributed by atoms with Crippen LogP contribution in [0.2, 0.25) is 0 Å². The Hall–Kier alpha value is -2.93. The van der Waals surface area contributed by atoms with E-state index >= 15 is 0 Å². The van der Waals surface area contributed by atoms with Crippen LogP contribution in [0.5, 0.6) is 0 Å². The molecule has 1 aromatic carbocycles. The molecule has 7 nitrogen and oxygen atoms in total. The third-order valence-corrected chi connectivity index (χ3v) is 5.25. The van der Waals surface area contributed by atoms with Gasteiger partial charge in [-0.1, -0.05) is 35.5 Å². The molecule has 2 aliphatic rings. The highest BCUT2D eigenvalue weighted by Crippen LogP contribution is 2.21. The monoisotopic (exact) mass is 374 g/mol. The highest BCUT2D eigenvalue weighted by atomic mass is 16.5. The maximum Gasteiger partial charge on any atom is 0.241 e. The quantitative estimate of drug-likeness (QED) is 0.698. The molecule has 28 heavy (non-hydrogen) atoms. The van der Waals surface area contributed by atoms with Crippen LogP contribution in [0.1, 0.15) is 42.2 Å². The number of aromatic nitrogens is 4. The lowest BCUT2D eigenvalue weighted by Gasteiger charge is -2.26. The van der Waals surface area contributed by atoms with E-state index < -0.39 is 0 Å². The first-order valence-corrected chi connectivity index (χ1v) is 9.84. The van der Waals surface area contributed by atoms with Crippen molar-refractivity contribution in [3.8, 4) is 11.4 Å². The van der Waals surface area contributed by atoms with E-state index in [1.54, 1.807) is 0 Å². The number of nitrogens with zero attached hydrogens (tertiary/aromatic N) is 6. The third-order valence-electron chi connectivity index (χ3n) is 5.25. The van der Waals surface area contributed by atoms with E-state index in [0.717, 1.165) is 55.3 Å². The number of benzene rings is 1. The minimum Gasteiger partial charge on any atom is -0.338 e. The summed E-state index contributed by atoms with van der Waals surface area (Å²) in [6, 6.07) is 9.89. The Morgan fingerprint density at radius 1 is 1.00 bits per heavy atom. The predicted octanol–water partition coefficient (Wildman–Crippen LogP) is 3.06. The molecular weight excluding hydrogens is 352 g/mol. The summed E-state index contributed by atoms with van der Waals surface area (Å²) < 4.78 is 5.46. The molecule has 0 fully saturated rings. The van der Waals surface area contributed by atoms with Crippen LogP contribution in [-0.2, 0) is 19.5 Å². The highest BCUT2D eigenvalue weighted by molar-refractivity contribution is 5.97. The van der Waals surface area contributed by atoms with E-state index in [-0.39, 0.29) is 0 Å². The zero-order valence-electron chi connectivity index (χ0n) is 15.7. The molecule has 0 N–H and O–H groups in total. The molecule has 7 heteroatoms. The van der Waals surface area contributed by atoms with Crippen LogP contribution in [-0.4, -0.2) is 43.8 Å². The molecule has 0 atom stereocenters. The topological polar surface area (TPSA) is 80.3 Å². The summed E-state index contributed by atoms with van der Waals surface area (Å²) in [6.07, 6.45) is 6.21. The molecular formula is C21H22N6O. The smallest absolute Gasteiger partial charge is 0.241 e. The van der Waals surface area contributed by atoms with E-state index in [0.29, 0.717) is 18.3 Å². The van der Waals surface area contributed by atoms with Crippen molar-refractivity contribution in [2.45, 2.75) is 38.8 Å². The van der Waals surface area contributed by atoms with Gasteiger partial charge >= 0.3 is 0 Å². The normalized spacial score (nSPS) is 17.2. The first kappa shape index (κ1) is 17.2. The molecule has 4 heterocycles. The second-order valence-electron chi connectivity index (χ2n) is 7.29. The molecule has 142 valence electrons. The average Bonchev–Trinajstić information content (AvgIpc) is 3.23. The van der Waals surface area contributed by atoms with Gasteiger partial charge < -0.3 is 4.52 Å². The Labute approximate surface area is 163 Å². The molecule has 0 saturated heterocycles. The maximum atomic E-state index is 5.46. The van der Waals surface area contributed by atoms with Crippen molar-refractivity contribution in [3.05, 3.63) is 59.5 Å². The van der Waals surface area contributed by atoms with Crippen LogP contribution in [0.25, 0.3) is 11.4 Å². The van der Waals surface area contributed by atoms with Crippen LogP contribution in [0.4, 0.5) is 0 Å².